The molecule has 0 aliphatic heterocycles. The fraction of sp³-hybridized carbons (Fsp3) is 0.357. The largest absolute Gasteiger partial charge is 0.295 e. The Labute approximate surface area is 90.8 Å². The molecule has 1 unspecified atom stereocenters. The molecule has 0 aromatic heterocycles. The van der Waals surface area contributed by atoms with Gasteiger partial charge in [0.15, 0.2) is 5.78 Å². The summed E-state index contributed by atoms with van der Waals surface area (Å²) < 4.78 is 0. The molecule has 1 aromatic rings. The molecule has 0 saturated heterocycles. The van der Waals surface area contributed by atoms with Crippen molar-refractivity contribution >= 4 is 11.9 Å². The molecule has 1 aromatic carbocycles. The van der Waals surface area contributed by atoms with E-state index >= 15 is 0 Å². The number of Topliss-reactive ketones (excluding diaryl/α,β-unsaturated/α-hetero) is 1. The molecular formula is C14H16O. The molecule has 1 aliphatic rings. The summed E-state index contributed by atoms with van der Waals surface area (Å²) in [6.45, 7) is 2.21. The number of allylic oxidation sites excluding steroid dienone is 1. The maximum absolute atomic E-state index is 11.7. The van der Waals surface area contributed by atoms with Gasteiger partial charge >= 0.3 is 0 Å². The number of hydrogen-bond donors (Lipinski definition) is 0. The van der Waals surface area contributed by atoms with Crippen LogP contribution in [0.3, 0.4) is 0 Å². The van der Waals surface area contributed by atoms with Gasteiger partial charge in [0.2, 0.25) is 0 Å². The molecule has 1 saturated carbocycles. The lowest BCUT2D eigenvalue weighted by Gasteiger charge is -2.19. The lowest BCUT2D eigenvalue weighted by molar-refractivity contribution is -0.116. The SMILES string of the molecule is CC1CCC(=O)/C(=C\c2ccccc2)C1. The number of carbonyl (C=O) groups is 1. The molecule has 0 spiro atoms. The standard InChI is InChI=1S/C14H16O/c1-11-7-8-14(15)13(9-11)10-12-5-3-2-4-6-12/h2-6,10-11H,7-9H2,1H3/b13-10-. The van der Waals surface area contributed by atoms with Gasteiger partial charge < -0.3 is 0 Å². The van der Waals surface area contributed by atoms with E-state index in [9.17, 15) is 4.79 Å². The van der Waals surface area contributed by atoms with E-state index in [-0.39, 0.29) is 0 Å². The Morgan fingerprint density at radius 1 is 1.27 bits per heavy atom. The van der Waals surface area contributed by atoms with Crippen molar-refractivity contribution in [3.05, 3.63) is 41.5 Å². The minimum atomic E-state index is 0.331. The topological polar surface area (TPSA) is 17.1 Å². The van der Waals surface area contributed by atoms with Crippen LogP contribution in [-0.2, 0) is 4.79 Å². The molecule has 1 heteroatoms. The van der Waals surface area contributed by atoms with E-state index in [4.69, 9.17) is 0 Å². The Bertz CT molecular complexity index is 376. The lowest BCUT2D eigenvalue weighted by Crippen LogP contribution is -2.14. The van der Waals surface area contributed by atoms with Crippen LogP contribution in [0.25, 0.3) is 6.08 Å². The third kappa shape index (κ3) is 2.56. The van der Waals surface area contributed by atoms with Crippen molar-refractivity contribution in [2.75, 3.05) is 0 Å². The van der Waals surface area contributed by atoms with Crippen LogP contribution in [0.5, 0.6) is 0 Å². The lowest BCUT2D eigenvalue weighted by atomic mass is 9.85. The summed E-state index contributed by atoms with van der Waals surface area (Å²) in [6, 6.07) is 10.1. The molecule has 0 radical (unpaired) electrons. The molecule has 0 amide bonds. The summed E-state index contributed by atoms with van der Waals surface area (Å²) in [7, 11) is 0. The zero-order valence-electron chi connectivity index (χ0n) is 9.07. The number of rotatable bonds is 1. The first kappa shape index (κ1) is 10.2. The quantitative estimate of drug-likeness (QED) is 0.634. The molecule has 1 fully saturated rings. The highest BCUT2D eigenvalue weighted by Crippen LogP contribution is 2.26. The van der Waals surface area contributed by atoms with Gasteiger partial charge in [-0.25, -0.2) is 0 Å². The van der Waals surface area contributed by atoms with Gasteiger partial charge in [0.1, 0.15) is 0 Å². The van der Waals surface area contributed by atoms with E-state index < -0.39 is 0 Å². The van der Waals surface area contributed by atoms with Crippen LogP contribution in [0.4, 0.5) is 0 Å². The predicted octanol–water partition coefficient (Wildman–Crippen LogP) is 3.46. The van der Waals surface area contributed by atoms with Gasteiger partial charge in [-0.1, -0.05) is 37.3 Å². The minimum absolute atomic E-state index is 0.331. The van der Waals surface area contributed by atoms with Crippen LogP contribution in [0.2, 0.25) is 0 Å². The number of carbonyl (C=O) groups excluding carboxylic acids is 1. The minimum Gasteiger partial charge on any atom is -0.295 e. The number of hydrogen-bond acceptors (Lipinski definition) is 1. The summed E-state index contributed by atoms with van der Waals surface area (Å²) in [5.41, 5.74) is 2.13. The Hall–Kier alpha value is -1.37. The summed E-state index contributed by atoms with van der Waals surface area (Å²) in [4.78, 5) is 11.7. The van der Waals surface area contributed by atoms with Gasteiger partial charge in [-0.15, -0.1) is 0 Å². The Kier molecular flexibility index (Phi) is 3.00. The number of benzene rings is 1. The Morgan fingerprint density at radius 2 is 2.00 bits per heavy atom. The maximum atomic E-state index is 11.7. The van der Waals surface area contributed by atoms with Crippen molar-refractivity contribution in [3.8, 4) is 0 Å². The fourth-order valence-electron chi connectivity index (χ4n) is 2.02. The second kappa shape index (κ2) is 4.43. The molecule has 0 N–H and O–H groups in total. The molecule has 78 valence electrons. The molecule has 15 heavy (non-hydrogen) atoms. The molecular weight excluding hydrogens is 184 g/mol. The second-order valence-corrected chi connectivity index (χ2v) is 4.35. The first-order valence-electron chi connectivity index (χ1n) is 5.54. The van der Waals surface area contributed by atoms with Crippen molar-refractivity contribution in [3.63, 3.8) is 0 Å². The van der Waals surface area contributed by atoms with Gasteiger partial charge in [0.25, 0.3) is 0 Å². The van der Waals surface area contributed by atoms with Crippen LogP contribution in [-0.4, -0.2) is 5.78 Å². The number of ketones is 1. The van der Waals surface area contributed by atoms with E-state index in [0.717, 1.165) is 30.4 Å². The van der Waals surface area contributed by atoms with E-state index in [1.807, 2.05) is 36.4 Å². The summed E-state index contributed by atoms with van der Waals surface area (Å²) in [6.07, 6.45) is 4.75. The van der Waals surface area contributed by atoms with Gasteiger partial charge in [0.05, 0.1) is 0 Å². The monoisotopic (exact) mass is 200 g/mol. The predicted molar refractivity (Wildman–Crippen MR) is 62.4 cm³/mol. The zero-order chi connectivity index (χ0) is 10.7. The molecule has 1 nitrogen and oxygen atoms in total. The fourth-order valence-corrected chi connectivity index (χ4v) is 2.02. The summed E-state index contributed by atoms with van der Waals surface area (Å²) >= 11 is 0. The maximum Gasteiger partial charge on any atom is 0.158 e. The van der Waals surface area contributed by atoms with E-state index in [1.54, 1.807) is 0 Å². The van der Waals surface area contributed by atoms with Gasteiger partial charge in [-0.2, -0.15) is 0 Å². The summed E-state index contributed by atoms with van der Waals surface area (Å²) in [5.74, 6) is 0.981. The zero-order valence-corrected chi connectivity index (χ0v) is 9.07. The average Bonchev–Trinajstić information content (AvgIpc) is 2.25. The van der Waals surface area contributed by atoms with Crippen LogP contribution < -0.4 is 0 Å². The normalized spacial score (nSPS) is 24.5. The molecule has 1 aliphatic carbocycles. The van der Waals surface area contributed by atoms with Crippen molar-refractivity contribution in [2.24, 2.45) is 5.92 Å². The third-order valence-electron chi connectivity index (χ3n) is 2.93. The van der Waals surface area contributed by atoms with Crippen LogP contribution in [0.15, 0.2) is 35.9 Å². The van der Waals surface area contributed by atoms with Crippen LogP contribution in [0, 0.1) is 5.92 Å². The van der Waals surface area contributed by atoms with Gasteiger partial charge in [0, 0.05) is 6.42 Å². The smallest absolute Gasteiger partial charge is 0.158 e. The molecule has 2 rings (SSSR count). The first-order valence-corrected chi connectivity index (χ1v) is 5.54. The Morgan fingerprint density at radius 3 is 2.73 bits per heavy atom. The molecule has 1 atom stereocenters. The van der Waals surface area contributed by atoms with E-state index in [2.05, 4.69) is 6.92 Å². The highest BCUT2D eigenvalue weighted by Gasteiger charge is 2.19. The van der Waals surface area contributed by atoms with Crippen molar-refractivity contribution < 1.29 is 4.79 Å². The van der Waals surface area contributed by atoms with Crippen LogP contribution in [0.1, 0.15) is 31.7 Å². The van der Waals surface area contributed by atoms with Crippen molar-refractivity contribution in [1.29, 1.82) is 0 Å². The van der Waals surface area contributed by atoms with Gasteiger partial charge in [-0.3, -0.25) is 4.79 Å². The third-order valence-corrected chi connectivity index (χ3v) is 2.93. The Balaban J connectivity index is 2.22. The van der Waals surface area contributed by atoms with Crippen LogP contribution >= 0.6 is 0 Å². The highest BCUT2D eigenvalue weighted by molar-refractivity contribution is 6.00. The average molecular weight is 200 g/mol. The van der Waals surface area contributed by atoms with Crippen molar-refractivity contribution in [1.82, 2.24) is 0 Å². The van der Waals surface area contributed by atoms with Crippen molar-refractivity contribution in [2.45, 2.75) is 26.2 Å². The highest BCUT2D eigenvalue weighted by atomic mass is 16.1. The molecule has 0 heterocycles. The second-order valence-electron chi connectivity index (χ2n) is 4.35. The first-order chi connectivity index (χ1) is 7.25. The van der Waals surface area contributed by atoms with E-state index in [1.165, 1.54) is 0 Å². The van der Waals surface area contributed by atoms with Gasteiger partial charge in [-0.05, 0) is 36.0 Å². The van der Waals surface area contributed by atoms with E-state index in [0.29, 0.717) is 11.7 Å². The molecule has 0 bridgehead atoms. The summed E-state index contributed by atoms with van der Waals surface area (Å²) in [5, 5.41) is 0.